The predicted molar refractivity (Wildman–Crippen MR) is 113 cm³/mol. The molecule has 1 saturated heterocycles. The molecular weight excluding hydrogens is 370 g/mol. The van der Waals surface area contributed by atoms with Crippen molar-refractivity contribution < 1.29 is 9.53 Å². The van der Waals surface area contributed by atoms with Gasteiger partial charge in [0.15, 0.2) is 0 Å². The van der Waals surface area contributed by atoms with Crippen LogP contribution in [-0.2, 0) is 11.3 Å². The molecule has 0 aliphatic carbocycles. The van der Waals surface area contributed by atoms with Crippen LogP contribution in [0.1, 0.15) is 12.1 Å². The second-order valence-electron chi connectivity index (χ2n) is 6.89. The highest BCUT2D eigenvalue weighted by Gasteiger charge is 2.35. The Kier molecular flexibility index (Phi) is 5.41. The van der Waals surface area contributed by atoms with Crippen molar-refractivity contribution in [2.75, 3.05) is 25.6 Å². The van der Waals surface area contributed by atoms with E-state index in [0.717, 1.165) is 40.7 Å². The molecule has 144 valence electrons. The lowest BCUT2D eigenvalue weighted by atomic mass is 10.2. The second kappa shape index (κ2) is 8.12. The number of methoxy groups -OCH3 is 1. The van der Waals surface area contributed by atoms with Crippen molar-refractivity contribution in [2.24, 2.45) is 0 Å². The Bertz CT molecular complexity index is 957. The first-order valence-corrected chi connectivity index (χ1v) is 10.2. The second-order valence-corrected chi connectivity index (χ2v) is 7.75. The molecule has 1 fully saturated rings. The molecule has 1 aliphatic heterocycles. The molecule has 0 radical (unpaired) electrons. The fraction of sp³-hybridized carbons (Fsp3) is 0.273. The van der Waals surface area contributed by atoms with Crippen LogP contribution in [-0.4, -0.2) is 42.5 Å². The fourth-order valence-corrected chi connectivity index (χ4v) is 4.47. The normalized spacial score (nSPS) is 16.8. The average Bonchev–Trinajstić information content (AvgIpc) is 3.35. The van der Waals surface area contributed by atoms with Gasteiger partial charge in [-0.15, -0.1) is 11.3 Å². The van der Waals surface area contributed by atoms with Gasteiger partial charge in [0.25, 0.3) is 0 Å². The summed E-state index contributed by atoms with van der Waals surface area (Å²) in [5, 5.41) is 3.00. The molecule has 1 atom stereocenters. The van der Waals surface area contributed by atoms with Crippen LogP contribution in [0.3, 0.4) is 0 Å². The topological polar surface area (TPSA) is 45.7 Å². The molecule has 1 aliphatic rings. The van der Waals surface area contributed by atoms with Gasteiger partial charge < -0.3 is 9.64 Å². The van der Waals surface area contributed by atoms with Crippen molar-refractivity contribution in [1.82, 2.24) is 9.88 Å². The number of amides is 1. The van der Waals surface area contributed by atoms with Crippen molar-refractivity contribution in [2.45, 2.75) is 19.0 Å². The third-order valence-electron chi connectivity index (χ3n) is 5.08. The minimum atomic E-state index is -0.114. The first-order chi connectivity index (χ1) is 13.7. The Morgan fingerprint density at radius 2 is 1.93 bits per heavy atom. The largest absolute Gasteiger partial charge is 0.496 e. The zero-order chi connectivity index (χ0) is 19.5. The van der Waals surface area contributed by atoms with Crippen LogP contribution in [0.15, 0.2) is 60.0 Å². The Balaban J connectivity index is 1.45. The summed E-state index contributed by atoms with van der Waals surface area (Å²) in [6.07, 6.45) is 0.827. The van der Waals surface area contributed by atoms with Gasteiger partial charge in [0, 0.05) is 24.2 Å². The number of aromatic nitrogens is 1. The lowest BCUT2D eigenvalue weighted by Crippen LogP contribution is -2.39. The molecule has 5 nitrogen and oxygen atoms in total. The van der Waals surface area contributed by atoms with E-state index in [0.29, 0.717) is 6.54 Å². The van der Waals surface area contributed by atoms with Gasteiger partial charge in [-0.2, -0.15) is 0 Å². The van der Waals surface area contributed by atoms with Crippen molar-refractivity contribution >= 4 is 22.9 Å². The Hall–Kier alpha value is -2.70. The quantitative estimate of drug-likeness (QED) is 0.634. The number of nitrogens with zero attached hydrogens (tertiary/aromatic N) is 3. The lowest BCUT2D eigenvalue weighted by Gasteiger charge is -2.23. The molecule has 0 bridgehead atoms. The van der Waals surface area contributed by atoms with Crippen LogP contribution >= 0.6 is 11.3 Å². The summed E-state index contributed by atoms with van der Waals surface area (Å²) in [5.74, 6) is 0.982. The van der Waals surface area contributed by atoms with Gasteiger partial charge in [-0.1, -0.05) is 30.3 Å². The van der Waals surface area contributed by atoms with Crippen LogP contribution < -0.4 is 9.64 Å². The van der Waals surface area contributed by atoms with Gasteiger partial charge in [-0.25, -0.2) is 4.98 Å². The molecule has 2 heterocycles. The molecule has 0 spiro atoms. The van der Waals surface area contributed by atoms with Crippen molar-refractivity contribution in [3.8, 4) is 16.3 Å². The maximum absolute atomic E-state index is 12.9. The Morgan fingerprint density at radius 3 is 2.71 bits per heavy atom. The molecular formula is C22H23N3O2S. The van der Waals surface area contributed by atoms with Crippen LogP contribution in [0, 0.1) is 0 Å². The van der Waals surface area contributed by atoms with Crippen LogP contribution in [0.5, 0.6) is 5.75 Å². The molecule has 6 heteroatoms. The fourth-order valence-electron chi connectivity index (χ4n) is 3.63. The molecule has 1 unspecified atom stereocenters. The first kappa shape index (κ1) is 18.7. The number of carbonyl (C=O) groups excluding carboxylic acids is 1. The monoisotopic (exact) mass is 393 g/mol. The first-order valence-electron chi connectivity index (χ1n) is 9.32. The van der Waals surface area contributed by atoms with Gasteiger partial charge in [-0.05, 0) is 37.7 Å². The average molecular weight is 394 g/mol. The summed E-state index contributed by atoms with van der Waals surface area (Å²) in [7, 11) is 3.67. The zero-order valence-electron chi connectivity index (χ0n) is 16.0. The van der Waals surface area contributed by atoms with Gasteiger partial charge >= 0.3 is 0 Å². The standard InChI is InChI=1S/C22H23N3O2S/c1-24(19-12-13-25(22(19)26)17-8-4-3-5-9-17)14-16-15-28-21(23-16)18-10-6-7-11-20(18)27-2/h3-11,15,19H,12-14H2,1-2H3. The Morgan fingerprint density at radius 1 is 1.18 bits per heavy atom. The van der Waals surface area contributed by atoms with E-state index in [9.17, 15) is 4.79 Å². The van der Waals surface area contributed by atoms with Gasteiger partial charge in [0.2, 0.25) is 5.91 Å². The minimum absolute atomic E-state index is 0.114. The zero-order valence-corrected chi connectivity index (χ0v) is 16.9. The van der Waals surface area contributed by atoms with Crippen LogP contribution in [0.25, 0.3) is 10.6 Å². The third kappa shape index (κ3) is 3.66. The maximum Gasteiger partial charge on any atom is 0.244 e. The predicted octanol–water partition coefficient (Wildman–Crippen LogP) is 4.06. The molecule has 0 N–H and O–H groups in total. The number of para-hydroxylation sites is 2. The molecule has 1 aromatic heterocycles. The smallest absolute Gasteiger partial charge is 0.244 e. The van der Waals surface area contributed by atoms with E-state index in [-0.39, 0.29) is 11.9 Å². The maximum atomic E-state index is 12.9. The van der Waals surface area contributed by atoms with Gasteiger partial charge in [0.1, 0.15) is 10.8 Å². The van der Waals surface area contributed by atoms with E-state index >= 15 is 0 Å². The molecule has 28 heavy (non-hydrogen) atoms. The highest BCUT2D eigenvalue weighted by atomic mass is 32.1. The highest BCUT2D eigenvalue weighted by Crippen LogP contribution is 2.32. The number of hydrogen-bond donors (Lipinski definition) is 0. The molecule has 1 amide bonds. The van der Waals surface area contributed by atoms with E-state index in [4.69, 9.17) is 9.72 Å². The third-order valence-corrected chi connectivity index (χ3v) is 6.00. The lowest BCUT2D eigenvalue weighted by molar-refractivity contribution is -0.121. The van der Waals surface area contributed by atoms with E-state index in [1.807, 2.05) is 66.5 Å². The van der Waals surface area contributed by atoms with Crippen molar-refractivity contribution in [3.05, 3.63) is 65.7 Å². The number of benzene rings is 2. The number of anilines is 1. The summed E-state index contributed by atoms with van der Waals surface area (Å²) in [6, 6.07) is 17.7. The van der Waals surface area contributed by atoms with E-state index in [1.54, 1.807) is 18.4 Å². The summed E-state index contributed by atoms with van der Waals surface area (Å²) in [4.78, 5) is 21.7. The summed E-state index contributed by atoms with van der Waals surface area (Å²) in [5.41, 5.74) is 2.94. The van der Waals surface area contributed by atoms with Crippen molar-refractivity contribution in [1.29, 1.82) is 0 Å². The van der Waals surface area contributed by atoms with Crippen LogP contribution in [0.2, 0.25) is 0 Å². The van der Waals surface area contributed by atoms with E-state index in [1.165, 1.54) is 0 Å². The number of carbonyl (C=O) groups is 1. The molecule has 0 saturated carbocycles. The number of ether oxygens (including phenoxy) is 1. The number of rotatable bonds is 6. The van der Waals surface area contributed by atoms with Crippen LogP contribution in [0.4, 0.5) is 5.69 Å². The highest BCUT2D eigenvalue weighted by molar-refractivity contribution is 7.13. The van der Waals surface area contributed by atoms with E-state index < -0.39 is 0 Å². The summed E-state index contributed by atoms with van der Waals surface area (Å²) >= 11 is 1.60. The number of hydrogen-bond acceptors (Lipinski definition) is 5. The summed E-state index contributed by atoms with van der Waals surface area (Å²) < 4.78 is 5.45. The van der Waals surface area contributed by atoms with Gasteiger partial charge in [-0.3, -0.25) is 9.69 Å². The van der Waals surface area contributed by atoms with Crippen molar-refractivity contribution in [3.63, 3.8) is 0 Å². The number of thiazole rings is 1. The molecule has 2 aromatic carbocycles. The Labute approximate surface area is 169 Å². The SMILES string of the molecule is COc1ccccc1-c1nc(CN(C)C2CCN(c3ccccc3)C2=O)cs1. The molecule has 4 rings (SSSR count). The summed E-state index contributed by atoms with van der Waals surface area (Å²) in [6.45, 7) is 1.39. The van der Waals surface area contributed by atoms with Gasteiger partial charge in [0.05, 0.1) is 24.4 Å². The van der Waals surface area contributed by atoms with E-state index in [2.05, 4.69) is 10.3 Å². The minimum Gasteiger partial charge on any atom is -0.496 e. The number of likely N-dealkylation sites (N-methyl/N-ethyl adjacent to an activating group) is 1. The molecule has 3 aromatic rings.